The van der Waals surface area contributed by atoms with Crippen LogP contribution in [-0.4, -0.2) is 12.3 Å². The minimum absolute atomic E-state index is 0.0666. The van der Waals surface area contributed by atoms with Gasteiger partial charge >= 0.3 is 0 Å². The van der Waals surface area contributed by atoms with Crippen molar-refractivity contribution < 1.29 is 0 Å². The highest BCUT2D eigenvalue weighted by atomic mass is 35.5. The zero-order valence-corrected chi connectivity index (χ0v) is 10.6. The predicted octanol–water partition coefficient (Wildman–Crippen LogP) is 3.43. The second-order valence-corrected chi connectivity index (χ2v) is 4.71. The number of hydrogen-bond donors (Lipinski definition) is 1. The normalized spacial score (nSPS) is 18.7. The number of halogens is 1. The molecule has 0 aliphatic carbocycles. The molecule has 18 heavy (non-hydrogen) atoms. The van der Waals surface area contributed by atoms with E-state index in [1.807, 2.05) is 42.5 Å². The smallest absolute Gasteiger partial charge is 0.126 e. The average Bonchev–Trinajstić information content (AvgIpc) is 2.90. The molecular weight excluding hydrogens is 244 g/mol. The maximum Gasteiger partial charge on any atom is 0.126 e. The lowest BCUT2D eigenvalue weighted by Gasteiger charge is -2.06. The molecule has 2 aromatic carbocycles. The maximum absolute atomic E-state index is 5.89. The fourth-order valence-corrected chi connectivity index (χ4v) is 2.21. The second-order valence-electron chi connectivity index (χ2n) is 4.28. The van der Waals surface area contributed by atoms with Gasteiger partial charge in [0.25, 0.3) is 0 Å². The lowest BCUT2D eigenvalue weighted by molar-refractivity contribution is 0.643. The molecule has 0 spiro atoms. The summed E-state index contributed by atoms with van der Waals surface area (Å²) in [6, 6.07) is 18.1. The van der Waals surface area contributed by atoms with Crippen LogP contribution in [0.2, 0.25) is 5.02 Å². The molecule has 0 aromatic heterocycles. The van der Waals surface area contributed by atoms with Gasteiger partial charge in [-0.05, 0) is 23.3 Å². The number of nitrogens with one attached hydrogen (secondary N) is 1. The van der Waals surface area contributed by atoms with E-state index in [-0.39, 0.29) is 6.17 Å². The second kappa shape index (κ2) is 4.92. The van der Waals surface area contributed by atoms with E-state index in [1.54, 1.807) is 0 Å². The molecule has 1 atom stereocenters. The molecule has 0 amide bonds. The van der Waals surface area contributed by atoms with Gasteiger partial charge in [0.15, 0.2) is 0 Å². The summed E-state index contributed by atoms with van der Waals surface area (Å²) >= 11 is 5.89. The van der Waals surface area contributed by atoms with E-state index < -0.39 is 0 Å². The summed E-state index contributed by atoms with van der Waals surface area (Å²) in [7, 11) is 0. The van der Waals surface area contributed by atoms with Crippen LogP contribution in [-0.2, 0) is 0 Å². The molecule has 0 saturated carbocycles. The Balaban J connectivity index is 1.86. The van der Waals surface area contributed by atoms with E-state index >= 15 is 0 Å². The highest BCUT2D eigenvalue weighted by Crippen LogP contribution is 2.20. The third kappa shape index (κ3) is 2.30. The van der Waals surface area contributed by atoms with Crippen LogP contribution in [0.15, 0.2) is 59.6 Å². The van der Waals surface area contributed by atoms with Crippen LogP contribution in [0.3, 0.4) is 0 Å². The van der Waals surface area contributed by atoms with Crippen molar-refractivity contribution in [2.45, 2.75) is 6.17 Å². The predicted molar refractivity (Wildman–Crippen MR) is 75.2 cm³/mol. The summed E-state index contributed by atoms with van der Waals surface area (Å²) in [6.45, 7) is 0.793. The summed E-state index contributed by atoms with van der Waals surface area (Å²) in [5.41, 5.74) is 3.41. The minimum Gasteiger partial charge on any atom is -0.286 e. The maximum atomic E-state index is 5.89. The Bertz CT molecular complexity index is 561. The first-order valence-electron chi connectivity index (χ1n) is 5.94. The molecular formula is C15H13ClN2. The Hall–Kier alpha value is -1.64. The number of rotatable bonds is 2. The van der Waals surface area contributed by atoms with Crippen LogP contribution < -0.4 is 5.32 Å². The zero-order chi connectivity index (χ0) is 12.4. The zero-order valence-electron chi connectivity index (χ0n) is 9.81. The Morgan fingerprint density at radius 2 is 1.72 bits per heavy atom. The molecule has 3 rings (SSSR count). The lowest BCUT2D eigenvalue weighted by atomic mass is 10.1. The van der Waals surface area contributed by atoms with E-state index in [2.05, 4.69) is 17.4 Å². The highest BCUT2D eigenvalue weighted by Gasteiger charge is 2.18. The fraction of sp³-hybridized carbons (Fsp3) is 0.133. The summed E-state index contributed by atoms with van der Waals surface area (Å²) < 4.78 is 0. The summed E-state index contributed by atoms with van der Waals surface area (Å²) in [5.74, 6) is 0. The van der Waals surface area contributed by atoms with Crippen molar-refractivity contribution in [1.29, 1.82) is 0 Å². The standard InChI is InChI=1S/C15H13ClN2/c16-13-8-6-11(7-9-13)14-10-17-15(18-14)12-4-2-1-3-5-12/h1-9,15,17H,10H2. The molecule has 1 heterocycles. The van der Waals surface area contributed by atoms with Crippen LogP contribution >= 0.6 is 11.6 Å². The van der Waals surface area contributed by atoms with Crippen molar-refractivity contribution in [2.75, 3.05) is 6.54 Å². The van der Waals surface area contributed by atoms with Gasteiger partial charge in [-0.2, -0.15) is 0 Å². The molecule has 1 aliphatic heterocycles. The molecule has 2 nitrogen and oxygen atoms in total. The topological polar surface area (TPSA) is 24.4 Å². The van der Waals surface area contributed by atoms with Crippen LogP contribution in [0.4, 0.5) is 0 Å². The van der Waals surface area contributed by atoms with Crippen molar-refractivity contribution in [3.8, 4) is 0 Å². The van der Waals surface area contributed by atoms with Crippen molar-refractivity contribution in [3.05, 3.63) is 70.7 Å². The van der Waals surface area contributed by atoms with Crippen LogP contribution in [0.25, 0.3) is 0 Å². The Kier molecular flexibility index (Phi) is 3.13. The van der Waals surface area contributed by atoms with Gasteiger partial charge in [0.1, 0.15) is 6.17 Å². The fourth-order valence-electron chi connectivity index (χ4n) is 2.09. The van der Waals surface area contributed by atoms with Crippen LogP contribution in [0.5, 0.6) is 0 Å². The largest absolute Gasteiger partial charge is 0.286 e. The number of benzene rings is 2. The van der Waals surface area contributed by atoms with Crippen LogP contribution in [0.1, 0.15) is 17.3 Å². The Labute approximate surface area is 111 Å². The SMILES string of the molecule is Clc1ccc(C2=NC(c3ccccc3)NC2)cc1. The summed E-state index contributed by atoms with van der Waals surface area (Å²) in [6.07, 6.45) is 0.0666. The number of nitrogens with zero attached hydrogens (tertiary/aromatic N) is 1. The highest BCUT2D eigenvalue weighted by molar-refractivity contribution is 6.30. The average molecular weight is 257 g/mol. The molecule has 1 unspecified atom stereocenters. The Morgan fingerprint density at radius 3 is 2.44 bits per heavy atom. The van der Waals surface area contributed by atoms with Gasteiger partial charge in [-0.25, -0.2) is 0 Å². The van der Waals surface area contributed by atoms with E-state index in [9.17, 15) is 0 Å². The first-order chi connectivity index (χ1) is 8.83. The van der Waals surface area contributed by atoms with E-state index in [0.717, 1.165) is 22.8 Å². The summed E-state index contributed by atoms with van der Waals surface area (Å²) in [4.78, 5) is 4.72. The van der Waals surface area contributed by atoms with Gasteiger partial charge < -0.3 is 0 Å². The molecule has 0 fully saturated rings. The van der Waals surface area contributed by atoms with Crippen molar-refractivity contribution in [3.63, 3.8) is 0 Å². The molecule has 1 aliphatic rings. The number of hydrogen-bond acceptors (Lipinski definition) is 2. The van der Waals surface area contributed by atoms with E-state index in [0.29, 0.717) is 0 Å². The first kappa shape index (κ1) is 11.5. The molecule has 0 saturated heterocycles. The minimum atomic E-state index is 0.0666. The lowest BCUT2D eigenvalue weighted by Crippen LogP contribution is -2.17. The first-order valence-corrected chi connectivity index (χ1v) is 6.32. The Morgan fingerprint density at radius 1 is 1.00 bits per heavy atom. The van der Waals surface area contributed by atoms with Crippen LogP contribution in [0, 0.1) is 0 Å². The van der Waals surface area contributed by atoms with Crippen molar-refractivity contribution in [2.24, 2.45) is 4.99 Å². The summed E-state index contributed by atoms with van der Waals surface area (Å²) in [5, 5.41) is 4.15. The molecule has 2 aromatic rings. The molecule has 1 N–H and O–H groups in total. The van der Waals surface area contributed by atoms with E-state index in [1.165, 1.54) is 5.56 Å². The third-order valence-corrected chi connectivity index (χ3v) is 3.29. The van der Waals surface area contributed by atoms with Gasteiger partial charge in [0, 0.05) is 11.6 Å². The van der Waals surface area contributed by atoms with Gasteiger partial charge in [0.05, 0.1) is 5.71 Å². The number of aliphatic imine (C=N–C) groups is 1. The monoisotopic (exact) mass is 256 g/mol. The molecule has 0 bridgehead atoms. The molecule has 3 heteroatoms. The molecule has 90 valence electrons. The quantitative estimate of drug-likeness (QED) is 0.875. The molecule has 0 radical (unpaired) electrons. The van der Waals surface area contributed by atoms with Crippen molar-refractivity contribution in [1.82, 2.24) is 5.32 Å². The van der Waals surface area contributed by atoms with Gasteiger partial charge in [-0.15, -0.1) is 0 Å². The van der Waals surface area contributed by atoms with Gasteiger partial charge in [-0.1, -0.05) is 54.1 Å². The van der Waals surface area contributed by atoms with Gasteiger partial charge in [0.2, 0.25) is 0 Å². The van der Waals surface area contributed by atoms with Gasteiger partial charge in [-0.3, -0.25) is 10.3 Å². The van der Waals surface area contributed by atoms with Crippen molar-refractivity contribution >= 4 is 17.3 Å². The van der Waals surface area contributed by atoms with E-state index in [4.69, 9.17) is 16.6 Å². The third-order valence-electron chi connectivity index (χ3n) is 3.04.